The lowest BCUT2D eigenvalue weighted by molar-refractivity contribution is 0.158. The van der Waals surface area contributed by atoms with Crippen molar-refractivity contribution in [3.8, 4) is 0 Å². The van der Waals surface area contributed by atoms with Crippen LogP contribution in [-0.4, -0.2) is 48.3 Å². The summed E-state index contributed by atoms with van der Waals surface area (Å²) < 4.78 is 0. The van der Waals surface area contributed by atoms with Crippen molar-refractivity contribution in [3.63, 3.8) is 0 Å². The largest absolute Gasteiger partial charge is 0.387 e. The number of urea groups is 1. The highest BCUT2D eigenvalue weighted by Crippen LogP contribution is 2.16. The molecule has 0 spiro atoms. The van der Waals surface area contributed by atoms with Crippen LogP contribution < -0.4 is 10.6 Å². The van der Waals surface area contributed by atoms with E-state index in [9.17, 15) is 9.90 Å². The van der Waals surface area contributed by atoms with Crippen LogP contribution in [0.4, 0.5) is 4.79 Å². The normalized spacial score (nSPS) is 20.2. The molecule has 23 heavy (non-hydrogen) atoms. The van der Waals surface area contributed by atoms with Gasteiger partial charge >= 0.3 is 6.03 Å². The molecule has 1 aliphatic heterocycles. The SMILES string of the molecule is CC1CCCCN1CCCCNC(=O)NCC(O)c1ccsc1. The van der Waals surface area contributed by atoms with Crippen molar-refractivity contribution in [1.29, 1.82) is 0 Å². The lowest BCUT2D eigenvalue weighted by Crippen LogP contribution is -2.39. The van der Waals surface area contributed by atoms with Gasteiger partial charge in [-0.05, 0) is 68.1 Å². The fourth-order valence-corrected chi connectivity index (χ4v) is 3.67. The van der Waals surface area contributed by atoms with Crippen LogP contribution >= 0.6 is 11.3 Å². The molecule has 3 N–H and O–H groups in total. The first-order chi connectivity index (χ1) is 11.2. The Kier molecular flexibility index (Phi) is 7.85. The third-order valence-electron chi connectivity index (χ3n) is 4.48. The number of rotatable bonds is 8. The standard InChI is InChI=1S/C17H29N3O2S/c1-14-6-2-4-9-20(14)10-5-3-8-18-17(22)19-12-16(21)15-7-11-23-13-15/h7,11,13-14,16,21H,2-6,8-10,12H2,1H3,(H2,18,19,22). The first-order valence-electron chi connectivity index (χ1n) is 8.62. The van der Waals surface area contributed by atoms with Gasteiger partial charge in [0.15, 0.2) is 0 Å². The van der Waals surface area contributed by atoms with Gasteiger partial charge in [0.2, 0.25) is 0 Å². The number of carbonyl (C=O) groups excluding carboxylic acids is 1. The van der Waals surface area contributed by atoms with Crippen LogP contribution in [0, 0.1) is 0 Å². The predicted molar refractivity (Wildman–Crippen MR) is 94.8 cm³/mol. The van der Waals surface area contributed by atoms with E-state index >= 15 is 0 Å². The van der Waals surface area contributed by atoms with Crippen molar-refractivity contribution < 1.29 is 9.90 Å². The molecule has 1 fully saturated rings. The summed E-state index contributed by atoms with van der Waals surface area (Å²) in [7, 11) is 0. The lowest BCUT2D eigenvalue weighted by Gasteiger charge is -2.33. The lowest BCUT2D eigenvalue weighted by atomic mass is 10.0. The van der Waals surface area contributed by atoms with Crippen molar-refractivity contribution in [1.82, 2.24) is 15.5 Å². The molecule has 130 valence electrons. The van der Waals surface area contributed by atoms with Crippen molar-refractivity contribution in [2.75, 3.05) is 26.2 Å². The number of nitrogens with zero attached hydrogens (tertiary/aromatic N) is 1. The number of piperidine rings is 1. The number of unbranched alkanes of at least 4 members (excludes halogenated alkanes) is 1. The molecular weight excluding hydrogens is 310 g/mol. The van der Waals surface area contributed by atoms with E-state index in [0.717, 1.165) is 24.9 Å². The molecule has 1 aliphatic rings. The molecule has 1 aromatic heterocycles. The molecule has 0 saturated carbocycles. The number of hydrogen-bond acceptors (Lipinski definition) is 4. The van der Waals surface area contributed by atoms with Crippen LogP contribution in [-0.2, 0) is 0 Å². The number of hydrogen-bond donors (Lipinski definition) is 3. The number of likely N-dealkylation sites (tertiary alicyclic amines) is 1. The van der Waals surface area contributed by atoms with Crippen LogP contribution in [0.25, 0.3) is 0 Å². The Morgan fingerprint density at radius 1 is 1.43 bits per heavy atom. The summed E-state index contributed by atoms with van der Waals surface area (Å²) in [6, 6.07) is 2.38. The van der Waals surface area contributed by atoms with E-state index in [0.29, 0.717) is 12.6 Å². The zero-order valence-electron chi connectivity index (χ0n) is 14.0. The van der Waals surface area contributed by atoms with Gasteiger partial charge in [-0.3, -0.25) is 0 Å². The number of nitrogens with one attached hydrogen (secondary N) is 2. The van der Waals surface area contributed by atoms with E-state index in [1.165, 1.54) is 25.8 Å². The smallest absolute Gasteiger partial charge is 0.314 e. The van der Waals surface area contributed by atoms with E-state index < -0.39 is 6.10 Å². The van der Waals surface area contributed by atoms with Gasteiger partial charge in [0, 0.05) is 19.1 Å². The summed E-state index contributed by atoms with van der Waals surface area (Å²) >= 11 is 1.54. The summed E-state index contributed by atoms with van der Waals surface area (Å²) in [4.78, 5) is 14.2. The molecule has 2 unspecified atom stereocenters. The highest BCUT2D eigenvalue weighted by molar-refractivity contribution is 7.07. The van der Waals surface area contributed by atoms with Crippen LogP contribution in [0.1, 0.15) is 50.7 Å². The van der Waals surface area contributed by atoms with Crippen molar-refractivity contribution >= 4 is 17.4 Å². The fraction of sp³-hybridized carbons (Fsp3) is 0.706. The molecule has 2 atom stereocenters. The molecule has 2 rings (SSSR count). The average molecular weight is 340 g/mol. The Labute approximate surface area is 143 Å². The van der Waals surface area contributed by atoms with Crippen molar-refractivity contribution in [3.05, 3.63) is 22.4 Å². The molecule has 2 amide bonds. The third kappa shape index (κ3) is 6.49. The number of amides is 2. The summed E-state index contributed by atoms with van der Waals surface area (Å²) in [5.41, 5.74) is 0.853. The Morgan fingerprint density at radius 3 is 3.04 bits per heavy atom. The quantitative estimate of drug-likeness (QED) is 0.638. The van der Waals surface area contributed by atoms with E-state index in [2.05, 4.69) is 22.5 Å². The highest BCUT2D eigenvalue weighted by Gasteiger charge is 2.17. The molecule has 0 radical (unpaired) electrons. The van der Waals surface area contributed by atoms with Crippen molar-refractivity contribution in [2.24, 2.45) is 0 Å². The van der Waals surface area contributed by atoms with E-state index in [1.54, 1.807) is 11.3 Å². The summed E-state index contributed by atoms with van der Waals surface area (Å²) in [5, 5.41) is 19.3. The summed E-state index contributed by atoms with van der Waals surface area (Å²) in [6.07, 6.45) is 5.46. The minimum Gasteiger partial charge on any atom is -0.387 e. The van der Waals surface area contributed by atoms with Gasteiger partial charge in [0.25, 0.3) is 0 Å². The maximum atomic E-state index is 11.7. The minimum absolute atomic E-state index is 0.203. The van der Waals surface area contributed by atoms with Crippen LogP contribution in [0.15, 0.2) is 16.8 Å². The minimum atomic E-state index is -0.632. The van der Waals surface area contributed by atoms with E-state index in [-0.39, 0.29) is 12.6 Å². The Balaban J connectivity index is 1.49. The van der Waals surface area contributed by atoms with Gasteiger partial charge in [-0.15, -0.1) is 0 Å². The average Bonchev–Trinajstić information content (AvgIpc) is 3.08. The van der Waals surface area contributed by atoms with E-state index in [1.807, 2.05) is 16.8 Å². The van der Waals surface area contributed by atoms with Gasteiger partial charge in [0.1, 0.15) is 0 Å². The summed E-state index contributed by atoms with van der Waals surface area (Å²) in [5.74, 6) is 0. The number of carbonyl (C=O) groups is 1. The first kappa shape index (κ1) is 18.2. The number of aliphatic hydroxyl groups excluding tert-OH is 1. The number of thiophene rings is 1. The second-order valence-corrected chi connectivity index (χ2v) is 7.08. The Morgan fingerprint density at radius 2 is 2.30 bits per heavy atom. The summed E-state index contributed by atoms with van der Waals surface area (Å²) in [6.45, 7) is 5.58. The molecule has 1 saturated heterocycles. The fourth-order valence-electron chi connectivity index (χ4n) is 2.97. The van der Waals surface area contributed by atoms with Gasteiger partial charge in [-0.2, -0.15) is 11.3 Å². The molecular formula is C17H29N3O2S. The molecule has 5 nitrogen and oxygen atoms in total. The van der Waals surface area contributed by atoms with Crippen LogP contribution in [0.2, 0.25) is 0 Å². The maximum Gasteiger partial charge on any atom is 0.314 e. The van der Waals surface area contributed by atoms with Crippen LogP contribution in [0.5, 0.6) is 0 Å². The Bertz CT molecular complexity index is 453. The molecule has 0 aliphatic carbocycles. The molecule has 0 aromatic carbocycles. The highest BCUT2D eigenvalue weighted by atomic mass is 32.1. The topological polar surface area (TPSA) is 64.6 Å². The van der Waals surface area contributed by atoms with Crippen LogP contribution in [0.3, 0.4) is 0 Å². The van der Waals surface area contributed by atoms with Crippen molar-refractivity contribution in [2.45, 2.75) is 51.2 Å². The molecule has 1 aromatic rings. The second-order valence-electron chi connectivity index (χ2n) is 6.30. The van der Waals surface area contributed by atoms with Gasteiger partial charge < -0.3 is 20.6 Å². The Hall–Kier alpha value is -1.11. The van der Waals surface area contributed by atoms with Gasteiger partial charge in [-0.25, -0.2) is 4.79 Å². The molecule has 0 bridgehead atoms. The first-order valence-corrected chi connectivity index (χ1v) is 9.57. The monoisotopic (exact) mass is 339 g/mol. The zero-order chi connectivity index (χ0) is 16.5. The maximum absolute atomic E-state index is 11.7. The zero-order valence-corrected chi connectivity index (χ0v) is 14.8. The second kappa shape index (κ2) is 9.90. The molecule has 2 heterocycles. The van der Waals surface area contributed by atoms with Gasteiger partial charge in [-0.1, -0.05) is 6.42 Å². The molecule has 6 heteroatoms. The third-order valence-corrected chi connectivity index (χ3v) is 5.18. The van der Waals surface area contributed by atoms with Gasteiger partial charge in [0.05, 0.1) is 6.10 Å². The van der Waals surface area contributed by atoms with E-state index in [4.69, 9.17) is 0 Å². The number of aliphatic hydroxyl groups is 1. The predicted octanol–water partition coefficient (Wildman–Crippen LogP) is 2.74.